The summed E-state index contributed by atoms with van der Waals surface area (Å²) in [6, 6.07) is 33.6. The van der Waals surface area contributed by atoms with Crippen molar-refractivity contribution in [3.8, 4) is 0 Å². The number of nitrogens with zero attached hydrogens (tertiary/aromatic N) is 2. The molecule has 4 aromatic rings. The van der Waals surface area contributed by atoms with E-state index >= 15 is 0 Å². The topological polar surface area (TPSA) is 44.7 Å². The molecule has 0 aromatic heterocycles. The van der Waals surface area contributed by atoms with Gasteiger partial charge in [-0.05, 0) is 72.1 Å². The van der Waals surface area contributed by atoms with Gasteiger partial charge in [0.2, 0.25) is 0 Å². The minimum atomic E-state index is -0.525. The van der Waals surface area contributed by atoms with Crippen molar-refractivity contribution in [1.82, 2.24) is 0 Å². The molecule has 1 saturated carbocycles. The lowest BCUT2D eigenvalue weighted by Crippen LogP contribution is -2.46. The fraction of sp³-hybridized carbons (Fsp3) is 0.156. The average molecular weight is 520 g/mol. The van der Waals surface area contributed by atoms with E-state index in [0.717, 1.165) is 33.9 Å². The molecule has 1 aliphatic heterocycles. The summed E-state index contributed by atoms with van der Waals surface area (Å²) in [7, 11) is 0. The van der Waals surface area contributed by atoms with Gasteiger partial charge in [0, 0.05) is 17.8 Å². The molecule has 1 N–H and O–H groups in total. The van der Waals surface area contributed by atoms with Gasteiger partial charge in [-0.15, -0.1) is 0 Å². The zero-order valence-electron chi connectivity index (χ0n) is 20.6. The fourth-order valence-corrected chi connectivity index (χ4v) is 5.93. The van der Waals surface area contributed by atoms with Crippen molar-refractivity contribution in [3.63, 3.8) is 0 Å². The van der Waals surface area contributed by atoms with Gasteiger partial charge in [-0.2, -0.15) is 0 Å². The Morgan fingerprint density at radius 2 is 1.47 bits per heavy atom. The number of thiocarbonyl (C=S) groups is 1. The van der Waals surface area contributed by atoms with Gasteiger partial charge in [0.25, 0.3) is 0 Å². The molecule has 1 aliphatic carbocycles. The first kappa shape index (κ1) is 24.2. The number of carbonyl (C=O) groups is 1. The maximum atomic E-state index is 14.0. The van der Waals surface area contributed by atoms with E-state index < -0.39 is 12.0 Å². The van der Waals surface area contributed by atoms with E-state index in [9.17, 15) is 9.18 Å². The molecule has 1 heterocycles. The Hall–Kier alpha value is -4.16. The normalized spacial score (nSPS) is 20.6. The van der Waals surface area contributed by atoms with Crippen LogP contribution in [-0.2, 0) is 4.79 Å². The number of ketones is 1. The third-order valence-electron chi connectivity index (χ3n) is 7.33. The monoisotopic (exact) mass is 519 g/mol. The Kier molecular flexibility index (Phi) is 6.56. The van der Waals surface area contributed by atoms with Gasteiger partial charge < -0.3 is 10.2 Å². The molecule has 188 valence electrons. The van der Waals surface area contributed by atoms with E-state index in [1.54, 1.807) is 12.1 Å². The van der Waals surface area contributed by atoms with Gasteiger partial charge in [-0.25, -0.2) is 4.39 Å². The number of carbonyl (C=O) groups excluding carboxylic acids is 1. The molecular weight excluding hydrogens is 493 g/mol. The first-order valence-corrected chi connectivity index (χ1v) is 13.1. The van der Waals surface area contributed by atoms with Crippen molar-refractivity contribution in [1.29, 1.82) is 0 Å². The van der Waals surface area contributed by atoms with Gasteiger partial charge in [-0.3, -0.25) is 9.79 Å². The second-order valence-electron chi connectivity index (χ2n) is 9.71. The maximum Gasteiger partial charge on any atom is 0.178 e. The van der Waals surface area contributed by atoms with Crippen LogP contribution in [-0.4, -0.2) is 16.6 Å². The molecule has 1 fully saturated rings. The van der Waals surface area contributed by atoms with Gasteiger partial charge in [0.15, 0.2) is 5.11 Å². The number of hydrogen-bond donors (Lipinski definition) is 1. The van der Waals surface area contributed by atoms with Crippen LogP contribution in [0.25, 0.3) is 0 Å². The second-order valence-corrected chi connectivity index (χ2v) is 10.1. The standard InChI is InChI=1S/C32H26FN3OS/c33-24-17-15-22(16-18-24)31-30-27(19-23(20-29(30)37)21-9-3-1-4-10-21)35-26-13-7-8-14-28(26)36(31)32(38)34-25-11-5-2-6-12-25/h1-18,23,30-31H,19-20H2,(H,34,38)/t23-,30-,31-/m1/s1. The van der Waals surface area contributed by atoms with Crippen molar-refractivity contribution in [3.05, 3.63) is 126 Å². The van der Waals surface area contributed by atoms with Crippen LogP contribution >= 0.6 is 12.2 Å². The minimum absolute atomic E-state index is 0.0562. The number of para-hydroxylation sites is 3. The van der Waals surface area contributed by atoms with Crippen LogP contribution in [0.2, 0.25) is 0 Å². The number of halogens is 1. The number of hydrogen-bond acceptors (Lipinski definition) is 3. The Balaban J connectivity index is 1.50. The lowest BCUT2D eigenvalue weighted by Gasteiger charge is -2.40. The first-order valence-electron chi connectivity index (χ1n) is 12.7. The van der Waals surface area contributed by atoms with Crippen molar-refractivity contribution in [2.45, 2.75) is 24.8 Å². The number of rotatable bonds is 3. The summed E-state index contributed by atoms with van der Waals surface area (Å²) in [5.41, 5.74) is 5.19. The predicted molar refractivity (Wildman–Crippen MR) is 155 cm³/mol. The largest absolute Gasteiger partial charge is 0.332 e. The van der Waals surface area contributed by atoms with E-state index in [2.05, 4.69) is 17.4 Å². The first-order chi connectivity index (χ1) is 18.6. The number of anilines is 2. The molecule has 0 unspecified atom stereocenters. The zero-order chi connectivity index (χ0) is 26.1. The van der Waals surface area contributed by atoms with Gasteiger partial charge in [0.1, 0.15) is 11.6 Å². The van der Waals surface area contributed by atoms with E-state index in [1.165, 1.54) is 12.1 Å². The van der Waals surface area contributed by atoms with Crippen molar-refractivity contribution >= 4 is 45.9 Å². The number of benzene rings is 4. The highest BCUT2D eigenvalue weighted by molar-refractivity contribution is 7.80. The second kappa shape index (κ2) is 10.3. The minimum Gasteiger partial charge on any atom is -0.332 e. The van der Waals surface area contributed by atoms with Crippen LogP contribution in [0.1, 0.15) is 35.9 Å². The SMILES string of the molecule is O=C1C[C@H](c2ccccc2)CC2=Nc3ccccc3N(C(=S)Nc3ccccc3)[C@H](c3ccc(F)cc3)[C@@H]12. The van der Waals surface area contributed by atoms with Crippen LogP contribution in [0.5, 0.6) is 0 Å². The number of aliphatic imine (C=N–C) groups is 1. The summed E-state index contributed by atoms with van der Waals surface area (Å²) in [4.78, 5) is 21.2. The van der Waals surface area contributed by atoms with E-state index in [4.69, 9.17) is 17.2 Å². The van der Waals surface area contributed by atoms with Crippen molar-refractivity contribution in [2.24, 2.45) is 10.9 Å². The van der Waals surface area contributed by atoms with E-state index in [1.807, 2.05) is 77.7 Å². The molecule has 0 radical (unpaired) electrons. The Bertz CT molecular complexity index is 1500. The molecule has 3 atom stereocenters. The smallest absolute Gasteiger partial charge is 0.178 e. The molecule has 0 amide bonds. The van der Waals surface area contributed by atoms with Gasteiger partial charge in [-0.1, -0.05) is 72.8 Å². The lowest BCUT2D eigenvalue weighted by atomic mass is 9.72. The van der Waals surface area contributed by atoms with Crippen molar-refractivity contribution in [2.75, 3.05) is 10.2 Å². The highest BCUT2D eigenvalue weighted by Gasteiger charge is 2.45. The molecule has 2 aliphatic rings. The molecule has 4 aromatic carbocycles. The Labute approximate surface area is 226 Å². The predicted octanol–water partition coefficient (Wildman–Crippen LogP) is 7.62. The molecule has 0 bridgehead atoms. The van der Waals surface area contributed by atoms with Gasteiger partial charge in [0.05, 0.1) is 23.3 Å². The van der Waals surface area contributed by atoms with E-state index in [-0.39, 0.29) is 17.5 Å². The van der Waals surface area contributed by atoms with Crippen LogP contribution in [0.4, 0.5) is 21.5 Å². The number of Topliss-reactive ketones (excluding diaryl/α,β-unsaturated/α-hetero) is 1. The molecule has 0 spiro atoms. The highest BCUT2D eigenvalue weighted by atomic mass is 32.1. The van der Waals surface area contributed by atoms with Crippen LogP contribution < -0.4 is 10.2 Å². The summed E-state index contributed by atoms with van der Waals surface area (Å²) in [6.45, 7) is 0. The van der Waals surface area contributed by atoms with Crippen molar-refractivity contribution < 1.29 is 9.18 Å². The lowest BCUT2D eigenvalue weighted by molar-refractivity contribution is -0.122. The number of nitrogens with one attached hydrogen (secondary N) is 1. The van der Waals surface area contributed by atoms with Crippen LogP contribution in [0, 0.1) is 11.7 Å². The number of fused-ring (bicyclic) bond motifs is 2. The summed E-state index contributed by atoms with van der Waals surface area (Å²) in [5, 5.41) is 3.81. The summed E-state index contributed by atoms with van der Waals surface area (Å²) < 4.78 is 14.0. The van der Waals surface area contributed by atoms with E-state index in [0.29, 0.717) is 18.0 Å². The van der Waals surface area contributed by atoms with Crippen LogP contribution in [0.3, 0.4) is 0 Å². The quantitative estimate of drug-likeness (QED) is 0.283. The highest BCUT2D eigenvalue weighted by Crippen LogP contribution is 2.47. The summed E-state index contributed by atoms with van der Waals surface area (Å²) >= 11 is 6.01. The zero-order valence-corrected chi connectivity index (χ0v) is 21.4. The summed E-state index contributed by atoms with van der Waals surface area (Å²) in [5.74, 6) is -0.685. The van der Waals surface area contributed by atoms with Gasteiger partial charge >= 0.3 is 0 Å². The average Bonchev–Trinajstić information content (AvgIpc) is 3.09. The molecule has 0 saturated heterocycles. The molecule has 6 heteroatoms. The molecule has 6 rings (SSSR count). The Morgan fingerprint density at radius 1 is 0.816 bits per heavy atom. The molecular formula is C32H26FN3OS. The Morgan fingerprint density at radius 3 is 2.21 bits per heavy atom. The third kappa shape index (κ3) is 4.63. The van der Waals surface area contributed by atoms with Crippen LogP contribution in [0.15, 0.2) is 114 Å². The third-order valence-corrected chi connectivity index (χ3v) is 7.63. The maximum absolute atomic E-state index is 14.0. The fourth-order valence-electron chi connectivity index (χ4n) is 5.60. The molecule has 4 nitrogen and oxygen atoms in total. The summed E-state index contributed by atoms with van der Waals surface area (Å²) in [6.07, 6.45) is 1.08. The molecule has 38 heavy (non-hydrogen) atoms.